The van der Waals surface area contributed by atoms with Gasteiger partial charge in [0.1, 0.15) is 0 Å². The van der Waals surface area contributed by atoms with Gasteiger partial charge in [-0.15, -0.1) is 0 Å². The zero-order valence-corrected chi connectivity index (χ0v) is 14.5. The summed E-state index contributed by atoms with van der Waals surface area (Å²) in [6.45, 7) is 0.312. The van der Waals surface area contributed by atoms with Crippen molar-refractivity contribution in [2.45, 2.75) is 41.8 Å². The molecule has 6 nitrogen and oxygen atoms in total. The maximum atomic E-state index is 12.2. The molecule has 0 aliphatic heterocycles. The molecule has 8 heteroatoms. The van der Waals surface area contributed by atoms with Crippen LogP contribution in [-0.4, -0.2) is 24.7 Å². The average molecular weight is 391 g/mol. The van der Waals surface area contributed by atoms with Gasteiger partial charge in [0.15, 0.2) is 4.90 Å². The molecule has 1 fully saturated rings. The highest BCUT2D eigenvalue weighted by Crippen LogP contribution is 2.30. The lowest BCUT2D eigenvalue weighted by atomic mass is 9.87. The quantitative estimate of drug-likeness (QED) is 0.458. The molecule has 0 heterocycles. The third-order valence-electron chi connectivity index (χ3n) is 3.97. The minimum Gasteiger partial charge on any atom is -0.258 e. The second-order valence-corrected chi connectivity index (χ2v) is 8.56. The molecule has 1 saturated carbocycles. The summed E-state index contributed by atoms with van der Waals surface area (Å²) < 4.78 is 26.9. The van der Waals surface area contributed by atoms with Crippen LogP contribution < -0.4 is 4.72 Å². The van der Waals surface area contributed by atoms with Crippen LogP contribution >= 0.6 is 15.9 Å². The average Bonchev–Trinajstić information content (AvgIpc) is 2.49. The van der Waals surface area contributed by atoms with Gasteiger partial charge in [0.05, 0.1) is 4.92 Å². The van der Waals surface area contributed by atoms with Crippen molar-refractivity contribution < 1.29 is 13.3 Å². The summed E-state index contributed by atoms with van der Waals surface area (Å²) in [6, 6.07) is 5.40. The molecule has 0 amide bonds. The fraction of sp³-hybridized carbons (Fsp3) is 0.571. The van der Waals surface area contributed by atoms with E-state index in [1.165, 1.54) is 24.3 Å². The number of halogens is 1. The van der Waals surface area contributed by atoms with E-state index in [1.807, 2.05) is 0 Å². The Morgan fingerprint density at radius 2 is 1.86 bits per heavy atom. The maximum absolute atomic E-state index is 12.2. The molecule has 1 aliphatic carbocycles. The molecule has 22 heavy (non-hydrogen) atoms. The first-order valence-electron chi connectivity index (χ1n) is 7.27. The Bertz CT molecular complexity index is 627. The molecule has 0 bridgehead atoms. The van der Waals surface area contributed by atoms with Gasteiger partial charge in [0.2, 0.25) is 10.0 Å². The summed E-state index contributed by atoms with van der Waals surface area (Å²) in [6.07, 6.45) is 5.16. The molecule has 122 valence electrons. The van der Waals surface area contributed by atoms with Crippen LogP contribution in [0.2, 0.25) is 0 Å². The molecule has 0 saturated heterocycles. The first-order valence-corrected chi connectivity index (χ1v) is 9.67. The highest BCUT2D eigenvalue weighted by atomic mass is 79.9. The number of rotatable bonds is 6. The Hall–Kier alpha value is -0.990. The first kappa shape index (κ1) is 17.4. The van der Waals surface area contributed by atoms with Gasteiger partial charge in [0, 0.05) is 17.4 Å². The predicted molar refractivity (Wildman–Crippen MR) is 87.6 cm³/mol. The molecule has 0 radical (unpaired) electrons. The summed E-state index contributed by atoms with van der Waals surface area (Å²) in [5.74, 6) is 0.516. The van der Waals surface area contributed by atoms with Crippen LogP contribution in [0.4, 0.5) is 5.69 Å². The summed E-state index contributed by atoms with van der Waals surface area (Å²) in [5.41, 5.74) is -0.394. The van der Waals surface area contributed by atoms with Crippen LogP contribution in [-0.2, 0) is 10.0 Å². The topological polar surface area (TPSA) is 89.3 Å². The van der Waals surface area contributed by atoms with Gasteiger partial charge in [0.25, 0.3) is 5.69 Å². The number of nitrogens with one attached hydrogen (secondary N) is 1. The van der Waals surface area contributed by atoms with Gasteiger partial charge in [-0.3, -0.25) is 10.1 Å². The molecular weight excluding hydrogens is 372 g/mol. The summed E-state index contributed by atoms with van der Waals surface area (Å²) >= 11 is 3.59. The van der Waals surface area contributed by atoms with E-state index in [9.17, 15) is 18.5 Å². The van der Waals surface area contributed by atoms with E-state index in [4.69, 9.17) is 0 Å². The first-order chi connectivity index (χ1) is 10.4. The molecular formula is C14H19BrN2O4S. The highest BCUT2D eigenvalue weighted by molar-refractivity contribution is 9.09. The van der Waals surface area contributed by atoms with Gasteiger partial charge in [-0.1, -0.05) is 28.1 Å². The number of sulfonamides is 1. The van der Waals surface area contributed by atoms with E-state index < -0.39 is 20.6 Å². The Morgan fingerprint density at radius 1 is 1.23 bits per heavy atom. The largest absolute Gasteiger partial charge is 0.289 e. The third kappa shape index (κ3) is 4.50. The number of hydrogen-bond acceptors (Lipinski definition) is 4. The minimum absolute atomic E-state index is 0.274. The van der Waals surface area contributed by atoms with E-state index in [-0.39, 0.29) is 4.90 Å². The van der Waals surface area contributed by atoms with E-state index in [2.05, 4.69) is 20.7 Å². The smallest absolute Gasteiger partial charge is 0.258 e. The number of hydrogen-bond donors (Lipinski definition) is 1. The number of benzene rings is 1. The Morgan fingerprint density at radius 3 is 2.50 bits per heavy atom. The molecule has 1 aromatic rings. The van der Waals surface area contributed by atoms with Crippen LogP contribution in [0.3, 0.4) is 0 Å². The van der Waals surface area contributed by atoms with Gasteiger partial charge in [-0.2, -0.15) is 0 Å². The fourth-order valence-corrected chi connectivity index (χ4v) is 4.47. The number of alkyl halides is 1. The van der Waals surface area contributed by atoms with Crippen molar-refractivity contribution in [3.05, 3.63) is 34.4 Å². The fourth-order valence-electron chi connectivity index (χ4n) is 2.72. The van der Waals surface area contributed by atoms with Crippen molar-refractivity contribution in [1.29, 1.82) is 0 Å². The van der Waals surface area contributed by atoms with Gasteiger partial charge < -0.3 is 0 Å². The number of nitro groups is 1. The molecule has 0 atom stereocenters. The van der Waals surface area contributed by atoms with Gasteiger partial charge in [-0.05, 0) is 44.1 Å². The van der Waals surface area contributed by atoms with Crippen molar-refractivity contribution in [2.75, 3.05) is 6.54 Å². The predicted octanol–water partition coefficient (Wildman–Crippen LogP) is 3.22. The molecule has 2 rings (SSSR count). The van der Waals surface area contributed by atoms with Crippen LogP contribution in [0.5, 0.6) is 0 Å². The summed E-state index contributed by atoms with van der Waals surface area (Å²) in [7, 11) is -3.85. The van der Waals surface area contributed by atoms with Gasteiger partial charge >= 0.3 is 0 Å². The van der Waals surface area contributed by atoms with E-state index in [1.54, 1.807) is 0 Å². The summed E-state index contributed by atoms with van der Waals surface area (Å²) in [4.78, 5) is 10.6. The number of nitrogens with zero attached hydrogens (tertiary/aromatic N) is 1. The molecule has 0 unspecified atom stereocenters. The number of para-hydroxylation sites is 1. The van der Waals surface area contributed by atoms with Crippen LogP contribution in [0.15, 0.2) is 29.2 Å². The zero-order valence-electron chi connectivity index (χ0n) is 12.1. The molecule has 0 aromatic heterocycles. The standard InChI is InChI=1S/C14H19BrN2O4S/c15-12-7-5-11(6-8-12)9-10-16-22(20,21)14-4-2-1-3-13(14)17(18)19/h1-4,11-12,16H,5-10H2. The van der Waals surface area contributed by atoms with E-state index >= 15 is 0 Å². The minimum atomic E-state index is -3.85. The van der Waals surface area contributed by atoms with Crippen molar-refractivity contribution >= 4 is 31.6 Å². The Labute approximate surface area is 138 Å². The van der Waals surface area contributed by atoms with Crippen LogP contribution in [0, 0.1) is 16.0 Å². The van der Waals surface area contributed by atoms with E-state index in [0.717, 1.165) is 32.1 Å². The molecule has 0 spiro atoms. The normalized spacial score (nSPS) is 22.4. The monoisotopic (exact) mass is 390 g/mol. The van der Waals surface area contributed by atoms with Crippen LogP contribution in [0.25, 0.3) is 0 Å². The lowest BCUT2D eigenvalue weighted by Gasteiger charge is -2.25. The second-order valence-electron chi connectivity index (χ2n) is 5.53. The van der Waals surface area contributed by atoms with Gasteiger partial charge in [-0.25, -0.2) is 13.1 Å². The molecule has 1 N–H and O–H groups in total. The Kier molecular flexibility index (Phi) is 5.94. The lowest BCUT2D eigenvalue weighted by molar-refractivity contribution is -0.387. The zero-order chi connectivity index (χ0) is 16.2. The molecule has 1 aliphatic rings. The molecule has 1 aromatic carbocycles. The SMILES string of the molecule is O=[N+]([O-])c1ccccc1S(=O)(=O)NCCC1CCC(Br)CC1. The lowest BCUT2D eigenvalue weighted by Crippen LogP contribution is -2.27. The van der Waals surface area contributed by atoms with E-state index in [0.29, 0.717) is 17.3 Å². The van der Waals surface area contributed by atoms with Crippen molar-refractivity contribution in [1.82, 2.24) is 4.72 Å². The van der Waals surface area contributed by atoms with Crippen molar-refractivity contribution in [2.24, 2.45) is 5.92 Å². The summed E-state index contributed by atoms with van der Waals surface area (Å²) in [5, 5.41) is 10.9. The third-order valence-corrected chi connectivity index (χ3v) is 6.40. The maximum Gasteiger partial charge on any atom is 0.289 e. The van der Waals surface area contributed by atoms with Crippen molar-refractivity contribution in [3.63, 3.8) is 0 Å². The van der Waals surface area contributed by atoms with Crippen LogP contribution in [0.1, 0.15) is 32.1 Å². The Balaban J connectivity index is 1.96. The van der Waals surface area contributed by atoms with Crippen molar-refractivity contribution in [3.8, 4) is 0 Å². The highest BCUT2D eigenvalue weighted by Gasteiger charge is 2.25. The number of nitro benzene ring substituents is 1. The second kappa shape index (κ2) is 7.52.